The standard InChI is InChI=1S/C18H21IO2/c19-10-21-18(13-2-1-3-16(20)9-13)17-14-5-11-4-12(7-14)8-15(17)6-11/h1-3,9,11-12,14-15,20H,4-8,10H2. The van der Waals surface area contributed by atoms with Gasteiger partial charge >= 0.3 is 0 Å². The minimum Gasteiger partial charge on any atom is -0.508 e. The molecule has 0 saturated heterocycles. The van der Waals surface area contributed by atoms with Gasteiger partial charge in [0.2, 0.25) is 0 Å². The van der Waals surface area contributed by atoms with Crippen LogP contribution in [0.1, 0.15) is 37.7 Å². The highest BCUT2D eigenvalue weighted by Gasteiger charge is 2.46. The first kappa shape index (κ1) is 13.9. The summed E-state index contributed by atoms with van der Waals surface area (Å²) in [6.45, 7) is 0. The van der Waals surface area contributed by atoms with Gasteiger partial charge < -0.3 is 9.84 Å². The predicted octanol–water partition coefficient (Wildman–Crippen LogP) is 4.97. The molecule has 2 nitrogen and oxygen atoms in total. The Morgan fingerprint density at radius 3 is 2.33 bits per heavy atom. The van der Waals surface area contributed by atoms with Crippen molar-refractivity contribution in [2.75, 3.05) is 4.61 Å². The number of allylic oxidation sites excluding steroid dienone is 1. The Hall–Kier alpha value is -0.710. The Morgan fingerprint density at radius 2 is 1.76 bits per heavy atom. The van der Waals surface area contributed by atoms with Crippen LogP contribution in [0.25, 0.3) is 5.76 Å². The monoisotopic (exact) mass is 396 g/mol. The number of ether oxygens (including phenoxy) is 1. The molecule has 1 aromatic carbocycles. The van der Waals surface area contributed by atoms with Gasteiger partial charge in [-0.15, -0.1) is 0 Å². The highest BCUT2D eigenvalue weighted by Crippen LogP contribution is 2.58. The van der Waals surface area contributed by atoms with Gasteiger partial charge in [-0.3, -0.25) is 0 Å². The van der Waals surface area contributed by atoms with Crippen LogP contribution in [-0.2, 0) is 4.74 Å². The maximum Gasteiger partial charge on any atom is 0.139 e. The fourth-order valence-corrected chi connectivity index (χ4v) is 5.41. The van der Waals surface area contributed by atoms with Crippen molar-refractivity contribution in [2.24, 2.45) is 23.7 Å². The summed E-state index contributed by atoms with van der Waals surface area (Å²) in [5, 5.41) is 9.80. The van der Waals surface area contributed by atoms with E-state index in [1.807, 2.05) is 12.1 Å². The van der Waals surface area contributed by atoms with Gasteiger partial charge in [-0.1, -0.05) is 12.1 Å². The molecule has 0 amide bonds. The van der Waals surface area contributed by atoms with Crippen LogP contribution in [0.2, 0.25) is 0 Å². The van der Waals surface area contributed by atoms with Crippen molar-refractivity contribution in [1.82, 2.24) is 0 Å². The van der Waals surface area contributed by atoms with Crippen molar-refractivity contribution in [3.63, 3.8) is 0 Å². The van der Waals surface area contributed by atoms with E-state index in [-0.39, 0.29) is 0 Å². The van der Waals surface area contributed by atoms with E-state index in [4.69, 9.17) is 4.74 Å². The lowest BCUT2D eigenvalue weighted by Crippen LogP contribution is -2.40. The van der Waals surface area contributed by atoms with Gasteiger partial charge in [0.15, 0.2) is 0 Å². The summed E-state index contributed by atoms with van der Waals surface area (Å²) in [7, 11) is 0. The quantitative estimate of drug-likeness (QED) is 0.444. The molecule has 3 heteroatoms. The normalized spacial score (nSPS) is 33.3. The van der Waals surface area contributed by atoms with Gasteiger partial charge in [0.05, 0.1) is 0 Å². The number of phenols is 1. The molecule has 112 valence electrons. The van der Waals surface area contributed by atoms with Crippen molar-refractivity contribution in [3.05, 3.63) is 35.4 Å². The number of phenolic OH excluding ortho intramolecular Hbond substituents is 1. The number of hydrogen-bond acceptors (Lipinski definition) is 2. The van der Waals surface area contributed by atoms with E-state index >= 15 is 0 Å². The number of halogens is 1. The SMILES string of the molecule is Oc1cccc(C(OCI)=C2C3CC4CC(C3)CC2C4)c1. The van der Waals surface area contributed by atoms with E-state index in [0.29, 0.717) is 10.4 Å². The highest BCUT2D eigenvalue weighted by atomic mass is 127. The maximum atomic E-state index is 9.80. The van der Waals surface area contributed by atoms with E-state index in [1.165, 1.54) is 32.1 Å². The van der Waals surface area contributed by atoms with Gasteiger partial charge in [0.1, 0.15) is 16.1 Å². The molecule has 0 aromatic heterocycles. The summed E-state index contributed by atoms with van der Waals surface area (Å²) < 4.78 is 6.73. The zero-order valence-electron chi connectivity index (χ0n) is 12.1. The molecule has 0 atom stereocenters. The van der Waals surface area contributed by atoms with E-state index in [2.05, 4.69) is 28.7 Å². The Labute approximate surface area is 139 Å². The molecule has 0 spiro atoms. The fourth-order valence-electron chi connectivity index (χ4n) is 5.10. The third-order valence-corrected chi connectivity index (χ3v) is 5.90. The Morgan fingerprint density at radius 1 is 1.10 bits per heavy atom. The average molecular weight is 396 g/mol. The molecule has 4 aliphatic carbocycles. The summed E-state index contributed by atoms with van der Waals surface area (Å²) >= 11 is 2.27. The zero-order chi connectivity index (χ0) is 14.4. The number of rotatable bonds is 3. The van der Waals surface area contributed by atoms with E-state index in [9.17, 15) is 5.11 Å². The minimum absolute atomic E-state index is 0.325. The molecule has 4 fully saturated rings. The first-order valence-corrected chi connectivity index (χ1v) is 9.49. The molecule has 4 bridgehead atoms. The highest BCUT2D eigenvalue weighted by molar-refractivity contribution is 14.1. The molecule has 0 heterocycles. The van der Waals surface area contributed by atoms with Crippen molar-refractivity contribution in [3.8, 4) is 5.75 Å². The van der Waals surface area contributed by atoms with Crippen molar-refractivity contribution < 1.29 is 9.84 Å². The summed E-state index contributed by atoms with van der Waals surface area (Å²) in [6, 6.07) is 7.56. The van der Waals surface area contributed by atoms with Crippen LogP contribution in [0, 0.1) is 23.7 Å². The predicted molar refractivity (Wildman–Crippen MR) is 92.0 cm³/mol. The average Bonchev–Trinajstić information content (AvgIpc) is 2.45. The van der Waals surface area contributed by atoms with Gasteiger partial charge in [-0.2, -0.15) is 0 Å². The van der Waals surface area contributed by atoms with E-state index in [1.54, 1.807) is 11.6 Å². The molecule has 0 radical (unpaired) electrons. The second kappa shape index (κ2) is 5.49. The Kier molecular flexibility index (Phi) is 3.64. The Balaban J connectivity index is 1.78. The molecule has 0 aliphatic heterocycles. The van der Waals surface area contributed by atoms with Crippen molar-refractivity contribution >= 4 is 28.4 Å². The lowest BCUT2D eigenvalue weighted by molar-refractivity contribution is 0.0674. The lowest BCUT2D eigenvalue weighted by Gasteiger charge is -2.51. The summed E-state index contributed by atoms with van der Waals surface area (Å²) in [6.07, 6.45) is 6.89. The molecule has 21 heavy (non-hydrogen) atoms. The number of benzene rings is 1. The van der Waals surface area contributed by atoms with Crippen LogP contribution in [0.15, 0.2) is 29.8 Å². The van der Waals surface area contributed by atoms with Crippen LogP contribution in [0.5, 0.6) is 5.75 Å². The first-order valence-electron chi connectivity index (χ1n) is 7.96. The molecular formula is C18H21IO2. The summed E-state index contributed by atoms with van der Waals surface area (Å²) in [5.41, 5.74) is 2.61. The van der Waals surface area contributed by atoms with Crippen LogP contribution < -0.4 is 0 Å². The van der Waals surface area contributed by atoms with E-state index in [0.717, 1.165) is 35.0 Å². The van der Waals surface area contributed by atoms with E-state index < -0.39 is 0 Å². The molecule has 1 N–H and O–H groups in total. The Bertz CT molecular complexity index is 548. The molecule has 1 aromatic rings. The summed E-state index contributed by atoms with van der Waals surface area (Å²) in [4.78, 5) is 0. The van der Waals surface area contributed by atoms with Crippen LogP contribution in [0.4, 0.5) is 0 Å². The van der Waals surface area contributed by atoms with Crippen LogP contribution in [-0.4, -0.2) is 9.72 Å². The third-order valence-electron chi connectivity index (χ3n) is 5.59. The number of aromatic hydroxyl groups is 1. The molecule has 0 unspecified atom stereocenters. The zero-order valence-corrected chi connectivity index (χ0v) is 14.3. The van der Waals surface area contributed by atoms with Gasteiger partial charge in [0, 0.05) is 5.56 Å². The van der Waals surface area contributed by atoms with Crippen molar-refractivity contribution in [1.29, 1.82) is 0 Å². The first-order chi connectivity index (χ1) is 10.2. The van der Waals surface area contributed by atoms with Gasteiger partial charge in [0.25, 0.3) is 0 Å². The summed E-state index contributed by atoms with van der Waals surface area (Å²) in [5.74, 6) is 4.76. The fraction of sp³-hybridized carbons (Fsp3) is 0.556. The topological polar surface area (TPSA) is 29.5 Å². The van der Waals surface area contributed by atoms with Crippen molar-refractivity contribution in [2.45, 2.75) is 32.1 Å². The van der Waals surface area contributed by atoms with Gasteiger partial charge in [-0.05, 0) is 96.1 Å². The minimum atomic E-state index is 0.325. The lowest BCUT2D eigenvalue weighted by atomic mass is 9.54. The smallest absolute Gasteiger partial charge is 0.139 e. The van der Waals surface area contributed by atoms with Gasteiger partial charge in [-0.25, -0.2) is 0 Å². The molecule has 4 aliphatic rings. The maximum absolute atomic E-state index is 9.80. The van der Waals surface area contributed by atoms with Crippen LogP contribution in [0.3, 0.4) is 0 Å². The molecule has 5 rings (SSSR count). The molecular weight excluding hydrogens is 375 g/mol. The number of alkyl halides is 1. The second-order valence-corrected chi connectivity index (χ2v) is 7.52. The number of hydrogen-bond donors (Lipinski definition) is 1. The van der Waals surface area contributed by atoms with Crippen LogP contribution >= 0.6 is 22.6 Å². The second-order valence-electron chi connectivity index (χ2n) is 6.89. The molecule has 4 saturated carbocycles. The third kappa shape index (κ3) is 2.47. The largest absolute Gasteiger partial charge is 0.508 e.